The van der Waals surface area contributed by atoms with E-state index in [4.69, 9.17) is 6.42 Å². The first-order valence-corrected chi connectivity index (χ1v) is 7.06. The van der Waals surface area contributed by atoms with Crippen LogP contribution in [-0.4, -0.2) is 16.1 Å². The first kappa shape index (κ1) is 14.4. The summed E-state index contributed by atoms with van der Waals surface area (Å²) in [5.41, 5.74) is 2.43. The molecule has 104 valence electrons. The van der Waals surface area contributed by atoms with Gasteiger partial charge < -0.3 is 9.88 Å². The van der Waals surface area contributed by atoms with E-state index in [1.54, 1.807) is 6.20 Å². The summed E-state index contributed by atoms with van der Waals surface area (Å²) < 4.78 is 2.00. The van der Waals surface area contributed by atoms with Gasteiger partial charge in [-0.3, -0.25) is 0 Å². The zero-order chi connectivity index (χ0) is 14.2. The highest BCUT2D eigenvalue weighted by Gasteiger charge is 2.04. The molecule has 0 spiro atoms. The van der Waals surface area contributed by atoms with Gasteiger partial charge in [0.05, 0.1) is 6.33 Å². The van der Waals surface area contributed by atoms with E-state index in [-0.39, 0.29) is 0 Å². The monoisotopic (exact) mass is 267 g/mol. The molecule has 0 saturated carbocycles. The minimum absolute atomic E-state index is 0.359. The molecule has 0 aliphatic rings. The van der Waals surface area contributed by atoms with Crippen molar-refractivity contribution in [3.63, 3.8) is 0 Å². The second-order valence-electron chi connectivity index (χ2n) is 4.90. The molecule has 0 bridgehead atoms. The van der Waals surface area contributed by atoms with Crippen molar-refractivity contribution in [3.05, 3.63) is 48.5 Å². The number of imidazole rings is 1. The molecular weight excluding hydrogens is 246 g/mol. The van der Waals surface area contributed by atoms with Crippen LogP contribution in [0.2, 0.25) is 0 Å². The fraction of sp³-hybridized carbons (Fsp3) is 0.353. The number of unbranched alkanes of at least 4 members (excludes halogenated alkanes) is 2. The molecule has 0 aliphatic carbocycles. The number of aromatic nitrogens is 2. The summed E-state index contributed by atoms with van der Waals surface area (Å²) in [7, 11) is 0. The zero-order valence-corrected chi connectivity index (χ0v) is 11.9. The quantitative estimate of drug-likeness (QED) is 0.616. The van der Waals surface area contributed by atoms with Gasteiger partial charge in [0.2, 0.25) is 0 Å². The van der Waals surface area contributed by atoms with Gasteiger partial charge in [-0.2, -0.15) is 0 Å². The third-order valence-electron chi connectivity index (χ3n) is 3.39. The number of rotatable bonds is 7. The Hall–Kier alpha value is -2.05. The summed E-state index contributed by atoms with van der Waals surface area (Å²) in [6.45, 7) is 3.19. The van der Waals surface area contributed by atoms with Gasteiger partial charge in [-0.1, -0.05) is 12.1 Å². The molecule has 1 N–H and O–H groups in total. The van der Waals surface area contributed by atoms with E-state index >= 15 is 0 Å². The molecule has 1 aromatic heterocycles. The molecule has 1 aromatic carbocycles. The van der Waals surface area contributed by atoms with E-state index < -0.39 is 0 Å². The third-order valence-corrected chi connectivity index (χ3v) is 3.39. The predicted octanol–water partition coefficient (Wildman–Crippen LogP) is 3.33. The number of hydrogen-bond acceptors (Lipinski definition) is 2. The Bertz CT molecular complexity index is 535. The molecule has 2 aromatic rings. The van der Waals surface area contributed by atoms with Gasteiger partial charge in [0.15, 0.2) is 0 Å². The summed E-state index contributed by atoms with van der Waals surface area (Å²) >= 11 is 0. The number of benzene rings is 1. The molecule has 0 amide bonds. The largest absolute Gasteiger partial charge is 0.310 e. The molecule has 2 rings (SSSR count). The van der Waals surface area contributed by atoms with Crippen LogP contribution in [-0.2, 0) is 0 Å². The Morgan fingerprint density at radius 3 is 2.75 bits per heavy atom. The minimum Gasteiger partial charge on any atom is -0.310 e. The SMILES string of the molecule is C#CCCCCNC(C)c1ccc(-n2ccnc2)cc1. The van der Waals surface area contributed by atoms with Crippen molar-refractivity contribution < 1.29 is 0 Å². The van der Waals surface area contributed by atoms with Crippen molar-refractivity contribution in [2.45, 2.75) is 32.2 Å². The van der Waals surface area contributed by atoms with Gasteiger partial charge in [0.25, 0.3) is 0 Å². The highest BCUT2D eigenvalue weighted by molar-refractivity contribution is 5.35. The van der Waals surface area contributed by atoms with Gasteiger partial charge >= 0.3 is 0 Å². The van der Waals surface area contributed by atoms with Crippen LogP contribution >= 0.6 is 0 Å². The maximum atomic E-state index is 5.24. The van der Waals surface area contributed by atoms with Crippen molar-refractivity contribution >= 4 is 0 Å². The molecule has 1 atom stereocenters. The van der Waals surface area contributed by atoms with E-state index in [0.717, 1.165) is 31.5 Å². The Kier molecular flexibility index (Phi) is 5.40. The summed E-state index contributed by atoms with van der Waals surface area (Å²) in [5.74, 6) is 2.67. The van der Waals surface area contributed by atoms with Crippen LogP contribution in [0.15, 0.2) is 43.0 Å². The lowest BCUT2D eigenvalue weighted by Gasteiger charge is -2.14. The Balaban J connectivity index is 1.85. The van der Waals surface area contributed by atoms with Gasteiger partial charge in [-0.15, -0.1) is 12.3 Å². The lowest BCUT2D eigenvalue weighted by atomic mass is 10.1. The maximum Gasteiger partial charge on any atom is 0.0991 e. The molecule has 0 saturated heterocycles. The van der Waals surface area contributed by atoms with Crippen LogP contribution in [0, 0.1) is 12.3 Å². The maximum absolute atomic E-state index is 5.24. The fourth-order valence-corrected chi connectivity index (χ4v) is 2.14. The number of terminal acetylenes is 1. The van der Waals surface area contributed by atoms with Gasteiger partial charge in [0, 0.05) is 30.5 Å². The van der Waals surface area contributed by atoms with Crippen molar-refractivity contribution in [3.8, 4) is 18.0 Å². The highest BCUT2D eigenvalue weighted by atomic mass is 15.0. The lowest BCUT2D eigenvalue weighted by Crippen LogP contribution is -2.19. The second kappa shape index (κ2) is 7.52. The second-order valence-corrected chi connectivity index (χ2v) is 4.90. The number of nitrogens with one attached hydrogen (secondary N) is 1. The van der Waals surface area contributed by atoms with Crippen LogP contribution in [0.1, 0.15) is 37.8 Å². The van der Waals surface area contributed by atoms with Crippen LogP contribution < -0.4 is 5.32 Å². The van der Waals surface area contributed by atoms with Gasteiger partial charge in [-0.25, -0.2) is 4.98 Å². The molecule has 3 nitrogen and oxygen atoms in total. The van der Waals surface area contributed by atoms with Crippen LogP contribution in [0.3, 0.4) is 0 Å². The minimum atomic E-state index is 0.359. The summed E-state index contributed by atoms with van der Waals surface area (Å²) in [6.07, 6.45) is 13.9. The summed E-state index contributed by atoms with van der Waals surface area (Å²) in [5, 5.41) is 3.52. The average molecular weight is 267 g/mol. The lowest BCUT2D eigenvalue weighted by molar-refractivity contribution is 0.549. The Morgan fingerprint density at radius 2 is 2.10 bits per heavy atom. The highest BCUT2D eigenvalue weighted by Crippen LogP contribution is 2.15. The van der Waals surface area contributed by atoms with Crippen LogP contribution in [0.4, 0.5) is 0 Å². The number of nitrogens with zero attached hydrogens (tertiary/aromatic N) is 2. The smallest absolute Gasteiger partial charge is 0.0991 e. The Labute approximate surface area is 121 Å². The van der Waals surface area contributed by atoms with E-state index in [2.05, 4.69) is 47.4 Å². The van der Waals surface area contributed by atoms with E-state index in [1.807, 2.05) is 17.1 Å². The van der Waals surface area contributed by atoms with Crippen molar-refractivity contribution in [1.29, 1.82) is 0 Å². The van der Waals surface area contributed by atoms with E-state index in [9.17, 15) is 0 Å². The molecule has 1 heterocycles. The topological polar surface area (TPSA) is 29.9 Å². The molecular formula is C17H21N3. The van der Waals surface area contributed by atoms with E-state index in [0.29, 0.717) is 6.04 Å². The molecule has 3 heteroatoms. The van der Waals surface area contributed by atoms with Gasteiger partial charge in [-0.05, 0) is 44.0 Å². The van der Waals surface area contributed by atoms with Crippen molar-refractivity contribution in [1.82, 2.24) is 14.9 Å². The molecule has 20 heavy (non-hydrogen) atoms. The zero-order valence-electron chi connectivity index (χ0n) is 11.9. The molecule has 0 aliphatic heterocycles. The van der Waals surface area contributed by atoms with Gasteiger partial charge in [0.1, 0.15) is 0 Å². The molecule has 1 unspecified atom stereocenters. The third kappa shape index (κ3) is 3.97. The first-order valence-electron chi connectivity index (χ1n) is 7.06. The number of hydrogen-bond donors (Lipinski definition) is 1. The first-order chi connectivity index (χ1) is 9.81. The van der Waals surface area contributed by atoms with Crippen molar-refractivity contribution in [2.75, 3.05) is 6.54 Å². The summed E-state index contributed by atoms with van der Waals surface area (Å²) in [6, 6.07) is 8.92. The Morgan fingerprint density at radius 1 is 1.30 bits per heavy atom. The normalized spacial score (nSPS) is 12.0. The van der Waals surface area contributed by atoms with Crippen LogP contribution in [0.25, 0.3) is 5.69 Å². The van der Waals surface area contributed by atoms with Crippen LogP contribution in [0.5, 0.6) is 0 Å². The standard InChI is InChI=1S/C17H21N3/c1-3-4-5-6-11-19-15(2)16-7-9-17(10-8-16)20-13-12-18-14-20/h1,7-10,12-15,19H,4-6,11H2,2H3. The summed E-state index contributed by atoms with van der Waals surface area (Å²) in [4.78, 5) is 4.06. The average Bonchev–Trinajstić information content (AvgIpc) is 3.01. The molecule has 0 fully saturated rings. The molecule has 0 radical (unpaired) electrons. The van der Waals surface area contributed by atoms with E-state index in [1.165, 1.54) is 5.56 Å². The predicted molar refractivity (Wildman–Crippen MR) is 82.7 cm³/mol. The van der Waals surface area contributed by atoms with Crippen molar-refractivity contribution in [2.24, 2.45) is 0 Å². The fourth-order valence-electron chi connectivity index (χ4n) is 2.14.